The van der Waals surface area contributed by atoms with Gasteiger partial charge in [0.05, 0.1) is 29.7 Å². The van der Waals surface area contributed by atoms with Gasteiger partial charge in [-0.05, 0) is 30.3 Å². The number of aromatic nitrogens is 2. The number of furan rings is 1. The van der Waals surface area contributed by atoms with Crippen LogP contribution in [0.4, 0.5) is 5.69 Å². The molecule has 0 saturated carbocycles. The normalized spacial score (nSPS) is 13.8. The van der Waals surface area contributed by atoms with E-state index in [2.05, 4.69) is 15.6 Å². The minimum absolute atomic E-state index is 0.168. The minimum atomic E-state index is -0.206. The first-order valence-electron chi connectivity index (χ1n) is 10.2. The van der Waals surface area contributed by atoms with E-state index in [1.807, 2.05) is 54.1 Å². The molecule has 32 heavy (non-hydrogen) atoms. The summed E-state index contributed by atoms with van der Waals surface area (Å²) >= 11 is 0. The number of benzene rings is 2. The number of anilines is 1. The van der Waals surface area contributed by atoms with Crippen LogP contribution in [0.1, 0.15) is 27.4 Å². The lowest BCUT2D eigenvalue weighted by Gasteiger charge is -2.09. The Morgan fingerprint density at radius 2 is 1.88 bits per heavy atom. The fourth-order valence-electron chi connectivity index (χ4n) is 3.72. The Kier molecular flexibility index (Phi) is 4.91. The van der Waals surface area contributed by atoms with Crippen molar-refractivity contribution in [3.63, 3.8) is 0 Å². The number of carbonyl (C=O) groups is 2. The molecule has 0 spiro atoms. The van der Waals surface area contributed by atoms with Gasteiger partial charge in [0.15, 0.2) is 0 Å². The van der Waals surface area contributed by atoms with Crippen molar-refractivity contribution in [3.8, 4) is 11.3 Å². The Morgan fingerprint density at radius 3 is 2.69 bits per heavy atom. The molecule has 2 N–H and O–H groups in total. The quantitative estimate of drug-likeness (QED) is 0.472. The molecule has 7 nitrogen and oxygen atoms in total. The summed E-state index contributed by atoms with van der Waals surface area (Å²) < 4.78 is 7.86. The number of hydrogen-bond acceptors (Lipinski definition) is 4. The predicted octanol–water partition coefficient (Wildman–Crippen LogP) is 4.10. The summed E-state index contributed by atoms with van der Waals surface area (Å²) in [7, 11) is 1.88. The van der Waals surface area contributed by atoms with E-state index in [-0.39, 0.29) is 11.8 Å². The van der Waals surface area contributed by atoms with E-state index in [1.165, 1.54) is 0 Å². The van der Waals surface area contributed by atoms with Gasteiger partial charge in [-0.2, -0.15) is 0 Å². The van der Waals surface area contributed by atoms with Crippen LogP contribution < -0.4 is 10.6 Å². The molecule has 2 amide bonds. The minimum Gasteiger partial charge on any atom is -0.457 e. The largest absolute Gasteiger partial charge is 0.457 e. The molecular formula is C25H20N4O3. The Bertz CT molecular complexity index is 1360. The van der Waals surface area contributed by atoms with Crippen LogP contribution in [-0.4, -0.2) is 21.4 Å². The number of para-hydroxylation sites is 1. The van der Waals surface area contributed by atoms with Crippen molar-refractivity contribution in [1.29, 1.82) is 0 Å². The van der Waals surface area contributed by atoms with Crippen molar-refractivity contribution in [1.82, 2.24) is 14.9 Å². The van der Waals surface area contributed by atoms with Gasteiger partial charge in [0, 0.05) is 30.1 Å². The molecule has 2 aromatic carbocycles. The average molecular weight is 424 g/mol. The molecule has 0 radical (unpaired) electrons. The first-order chi connectivity index (χ1) is 15.6. The van der Waals surface area contributed by atoms with Gasteiger partial charge >= 0.3 is 0 Å². The van der Waals surface area contributed by atoms with Crippen LogP contribution in [0.2, 0.25) is 0 Å². The number of hydrogen-bond donors (Lipinski definition) is 2. The Labute approximate surface area is 184 Å². The third-order valence-electron chi connectivity index (χ3n) is 5.41. The van der Waals surface area contributed by atoms with Crippen molar-refractivity contribution in [2.45, 2.75) is 6.54 Å². The third kappa shape index (κ3) is 3.60. The van der Waals surface area contributed by atoms with Crippen molar-refractivity contribution in [2.24, 2.45) is 7.05 Å². The van der Waals surface area contributed by atoms with Gasteiger partial charge in [-0.3, -0.25) is 9.59 Å². The number of rotatable bonds is 5. The fourth-order valence-corrected chi connectivity index (χ4v) is 3.72. The van der Waals surface area contributed by atoms with E-state index < -0.39 is 0 Å². The van der Waals surface area contributed by atoms with Gasteiger partial charge in [-0.1, -0.05) is 36.4 Å². The number of amides is 2. The number of aryl methyl sites for hydroxylation is 1. The van der Waals surface area contributed by atoms with E-state index in [1.54, 1.807) is 36.8 Å². The number of imidazole rings is 1. The third-order valence-corrected chi connectivity index (χ3v) is 5.41. The van der Waals surface area contributed by atoms with E-state index >= 15 is 0 Å². The second kappa shape index (κ2) is 8.03. The molecule has 2 aromatic heterocycles. The van der Waals surface area contributed by atoms with Gasteiger partial charge < -0.3 is 19.6 Å². The van der Waals surface area contributed by atoms with Crippen molar-refractivity contribution < 1.29 is 14.0 Å². The molecule has 0 fully saturated rings. The predicted molar refractivity (Wildman–Crippen MR) is 121 cm³/mol. The molecular weight excluding hydrogens is 404 g/mol. The van der Waals surface area contributed by atoms with Gasteiger partial charge in [-0.15, -0.1) is 0 Å². The van der Waals surface area contributed by atoms with Crippen LogP contribution in [-0.2, 0) is 18.4 Å². The van der Waals surface area contributed by atoms with Gasteiger partial charge in [0.1, 0.15) is 11.5 Å². The number of nitrogens with zero attached hydrogens (tertiary/aromatic N) is 2. The molecule has 158 valence electrons. The molecule has 0 saturated heterocycles. The SMILES string of the molecule is Cn1cncc1CNC(=O)c1ccccc1-c1ccc(C=C2C(=O)Nc3ccccc32)o1. The topological polar surface area (TPSA) is 89.2 Å². The van der Waals surface area contributed by atoms with Crippen molar-refractivity contribution >= 4 is 29.2 Å². The second-order valence-corrected chi connectivity index (χ2v) is 7.48. The number of fused-ring (bicyclic) bond motifs is 1. The highest BCUT2D eigenvalue weighted by Crippen LogP contribution is 2.34. The molecule has 0 bridgehead atoms. The van der Waals surface area contributed by atoms with Crippen LogP contribution >= 0.6 is 0 Å². The lowest BCUT2D eigenvalue weighted by molar-refractivity contribution is -0.110. The maximum atomic E-state index is 12.9. The maximum absolute atomic E-state index is 12.9. The van der Waals surface area contributed by atoms with E-state index in [0.717, 1.165) is 16.9 Å². The first-order valence-corrected chi connectivity index (χ1v) is 10.2. The molecule has 0 atom stereocenters. The summed E-state index contributed by atoms with van der Waals surface area (Å²) in [6, 6.07) is 18.4. The standard InChI is InChI=1S/C25H20N4O3/c1-29-15-26-13-16(29)14-27-24(30)20-8-3-2-7-19(20)23-11-10-17(32-23)12-21-18-6-4-5-9-22(18)28-25(21)31/h2-13,15H,14H2,1H3,(H,27,30)(H,28,31). The van der Waals surface area contributed by atoms with E-state index in [0.29, 0.717) is 34.8 Å². The van der Waals surface area contributed by atoms with E-state index in [9.17, 15) is 9.59 Å². The zero-order valence-electron chi connectivity index (χ0n) is 17.3. The highest BCUT2D eigenvalue weighted by Gasteiger charge is 2.24. The van der Waals surface area contributed by atoms with Crippen molar-refractivity contribution in [3.05, 3.63) is 95.8 Å². The monoisotopic (exact) mass is 424 g/mol. The zero-order chi connectivity index (χ0) is 22.1. The Balaban J connectivity index is 1.41. The first kappa shape index (κ1) is 19.6. The van der Waals surface area contributed by atoms with Gasteiger partial charge in [0.25, 0.3) is 11.8 Å². The average Bonchev–Trinajstić information content (AvgIpc) is 3.52. The highest BCUT2D eigenvalue weighted by atomic mass is 16.3. The van der Waals surface area contributed by atoms with Crippen molar-refractivity contribution in [2.75, 3.05) is 5.32 Å². The summed E-state index contributed by atoms with van der Waals surface area (Å²) in [6.45, 7) is 0.369. The molecule has 5 rings (SSSR count). The van der Waals surface area contributed by atoms with Gasteiger partial charge in [-0.25, -0.2) is 4.98 Å². The summed E-state index contributed by atoms with van der Waals surface area (Å²) in [6.07, 6.45) is 5.13. The lowest BCUT2D eigenvalue weighted by atomic mass is 10.0. The molecule has 1 aliphatic heterocycles. The maximum Gasteiger partial charge on any atom is 0.256 e. The second-order valence-electron chi connectivity index (χ2n) is 7.48. The van der Waals surface area contributed by atoms with E-state index in [4.69, 9.17) is 4.42 Å². The summed E-state index contributed by atoms with van der Waals surface area (Å²) in [5.41, 5.74) is 4.25. The molecule has 7 heteroatoms. The fraction of sp³-hybridized carbons (Fsp3) is 0.0800. The Hall–Kier alpha value is -4.39. The summed E-state index contributed by atoms with van der Waals surface area (Å²) in [5, 5.41) is 5.78. The molecule has 0 aliphatic carbocycles. The number of nitrogens with one attached hydrogen (secondary N) is 2. The Morgan fingerprint density at radius 1 is 1.09 bits per heavy atom. The highest BCUT2D eigenvalue weighted by molar-refractivity contribution is 6.34. The summed E-state index contributed by atoms with van der Waals surface area (Å²) in [5.74, 6) is 0.711. The smallest absolute Gasteiger partial charge is 0.256 e. The molecule has 0 unspecified atom stereocenters. The van der Waals surface area contributed by atoms with Crippen LogP contribution in [0, 0.1) is 0 Å². The summed E-state index contributed by atoms with van der Waals surface area (Å²) in [4.78, 5) is 29.3. The molecule has 3 heterocycles. The molecule has 4 aromatic rings. The molecule has 1 aliphatic rings. The van der Waals surface area contributed by atoms with Crippen LogP contribution in [0.15, 0.2) is 77.6 Å². The van der Waals surface area contributed by atoms with Crippen LogP contribution in [0.5, 0.6) is 0 Å². The van der Waals surface area contributed by atoms with Crippen LogP contribution in [0.3, 0.4) is 0 Å². The zero-order valence-corrected chi connectivity index (χ0v) is 17.3. The van der Waals surface area contributed by atoms with Crippen LogP contribution in [0.25, 0.3) is 23.0 Å². The lowest BCUT2D eigenvalue weighted by Crippen LogP contribution is -2.24. The number of carbonyl (C=O) groups excluding carboxylic acids is 2. The van der Waals surface area contributed by atoms with Gasteiger partial charge in [0.2, 0.25) is 0 Å².